The molecule has 7 nitrogen and oxygen atoms in total. The minimum absolute atomic E-state index is 0.294. The van der Waals surface area contributed by atoms with Gasteiger partial charge in [0.25, 0.3) is 0 Å². The van der Waals surface area contributed by atoms with Crippen LogP contribution < -0.4 is 10.6 Å². The second-order valence-electron chi connectivity index (χ2n) is 5.85. The second kappa shape index (κ2) is 7.42. The Morgan fingerprint density at radius 2 is 1.88 bits per heavy atom. The standard InChI is InChI=1S/C17H19F2N7/c1-4-14-21-16(20-10(3)12-6-5-11(18)8-13(12)19)24-17(22-14)23-15-7-9(2)25-26-15/h5-8,10H,4H2,1-3H3,(H3,20,21,22,23,24,25,26). The predicted octanol–water partition coefficient (Wildman–Crippen LogP) is 3.66. The average molecular weight is 359 g/mol. The molecule has 0 amide bonds. The normalized spacial score (nSPS) is 12.0. The third-order valence-corrected chi connectivity index (χ3v) is 3.72. The molecule has 0 saturated carbocycles. The zero-order chi connectivity index (χ0) is 18.7. The first kappa shape index (κ1) is 17.7. The van der Waals surface area contributed by atoms with Gasteiger partial charge in [-0.25, -0.2) is 8.78 Å². The highest BCUT2D eigenvalue weighted by Crippen LogP contribution is 2.22. The number of aromatic amines is 1. The number of anilines is 3. The van der Waals surface area contributed by atoms with Crippen LogP contribution in [0.1, 0.15) is 37.0 Å². The number of aromatic nitrogens is 5. The zero-order valence-electron chi connectivity index (χ0n) is 14.6. The summed E-state index contributed by atoms with van der Waals surface area (Å²) < 4.78 is 27.0. The summed E-state index contributed by atoms with van der Waals surface area (Å²) in [5.74, 6) is 0.539. The van der Waals surface area contributed by atoms with Crippen molar-refractivity contribution in [3.63, 3.8) is 0 Å². The van der Waals surface area contributed by atoms with Gasteiger partial charge < -0.3 is 10.6 Å². The van der Waals surface area contributed by atoms with Crippen LogP contribution in [0.25, 0.3) is 0 Å². The molecule has 3 rings (SSSR count). The van der Waals surface area contributed by atoms with Crippen molar-refractivity contribution in [1.29, 1.82) is 0 Å². The van der Waals surface area contributed by atoms with Gasteiger partial charge in [-0.2, -0.15) is 20.1 Å². The fourth-order valence-corrected chi connectivity index (χ4v) is 2.42. The summed E-state index contributed by atoms with van der Waals surface area (Å²) >= 11 is 0. The number of hydrogen-bond donors (Lipinski definition) is 3. The molecular formula is C17H19F2N7. The maximum atomic E-state index is 14.0. The van der Waals surface area contributed by atoms with Crippen molar-refractivity contribution >= 4 is 17.7 Å². The zero-order valence-corrected chi connectivity index (χ0v) is 14.6. The largest absolute Gasteiger partial charge is 0.347 e. The number of hydrogen-bond acceptors (Lipinski definition) is 6. The summed E-state index contributed by atoms with van der Waals surface area (Å²) in [7, 11) is 0. The highest BCUT2D eigenvalue weighted by atomic mass is 19.1. The van der Waals surface area contributed by atoms with Crippen LogP contribution >= 0.6 is 0 Å². The van der Waals surface area contributed by atoms with Gasteiger partial charge in [-0.15, -0.1) is 0 Å². The fourth-order valence-electron chi connectivity index (χ4n) is 2.42. The Morgan fingerprint density at radius 1 is 1.12 bits per heavy atom. The molecule has 1 unspecified atom stereocenters. The Kier molecular flexibility index (Phi) is 5.06. The minimum Gasteiger partial charge on any atom is -0.347 e. The van der Waals surface area contributed by atoms with Gasteiger partial charge in [-0.05, 0) is 19.9 Å². The lowest BCUT2D eigenvalue weighted by molar-refractivity contribution is 0.566. The number of rotatable bonds is 6. The summed E-state index contributed by atoms with van der Waals surface area (Å²) in [6.45, 7) is 5.55. The molecule has 0 fully saturated rings. The molecule has 2 heterocycles. The first-order chi connectivity index (χ1) is 12.4. The van der Waals surface area contributed by atoms with Crippen molar-refractivity contribution in [2.24, 2.45) is 0 Å². The Hall–Kier alpha value is -3.10. The van der Waals surface area contributed by atoms with E-state index in [0.717, 1.165) is 11.8 Å². The van der Waals surface area contributed by atoms with Crippen LogP contribution in [0.2, 0.25) is 0 Å². The van der Waals surface area contributed by atoms with E-state index in [9.17, 15) is 8.78 Å². The molecule has 26 heavy (non-hydrogen) atoms. The first-order valence-electron chi connectivity index (χ1n) is 8.20. The van der Waals surface area contributed by atoms with Crippen LogP contribution in [-0.2, 0) is 6.42 Å². The fraction of sp³-hybridized carbons (Fsp3) is 0.294. The Morgan fingerprint density at radius 3 is 2.54 bits per heavy atom. The summed E-state index contributed by atoms with van der Waals surface area (Å²) in [6.07, 6.45) is 0.602. The first-order valence-corrected chi connectivity index (χ1v) is 8.20. The van der Waals surface area contributed by atoms with E-state index in [2.05, 4.69) is 35.8 Å². The molecule has 0 bridgehead atoms. The van der Waals surface area contributed by atoms with E-state index in [0.29, 0.717) is 35.5 Å². The third-order valence-electron chi connectivity index (χ3n) is 3.72. The lowest BCUT2D eigenvalue weighted by atomic mass is 10.1. The molecule has 1 atom stereocenters. The van der Waals surface area contributed by atoms with E-state index >= 15 is 0 Å². The van der Waals surface area contributed by atoms with Crippen molar-refractivity contribution in [1.82, 2.24) is 25.1 Å². The maximum Gasteiger partial charge on any atom is 0.233 e. The number of halogens is 2. The molecule has 0 aliphatic rings. The van der Waals surface area contributed by atoms with E-state index < -0.39 is 17.7 Å². The van der Waals surface area contributed by atoms with Crippen molar-refractivity contribution < 1.29 is 8.78 Å². The van der Waals surface area contributed by atoms with Crippen molar-refractivity contribution in [3.05, 3.63) is 53.0 Å². The topological polar surface area (TPSA) is 91.4 Å². The molecule has 136 valence electrons. The van der Waals surface area contributed by atoms with Crippen molar-refractivity contribution in [2.75, 3.05) is 10.6 Å². The second-order valence-corrected chi connectivity index (χ2v) is 5.85. The predicted molar refractivity (Wildman–Crippen MR) is 94.2 cm³/mol. The highest BCUT2D eigenvalue weighted by Gasteiger charge is 2.14. The van der Waals surface area contributed by atoms with Gasteiger partial charge in [0.05, 0.1) is 6.04 Å². The minimum atomic E-state index is -0.625. The van der Waals surface area contributed by atoms with Crippen molar-refractivity contribution in [2.45, 2.75) is 33.2 Å². The maximum absolute atomic E-state index is 14.0. The van der Waals surface area contributed by atoms with Gasteiger partial charge >= 0.3 is 0 Å². The van der Waals surface area contributed by atoms with Crippen LogP contribution in [0.5, 0.6) is 0 Å². The summed E-state index contributed by atoms with van der Waals surface area (Å²) in [6, 6.07) is 4.83. The highest BCUT2D eigenvalue weighted by molar-refractivity contribution is 5.49. The lowest BCUT2D eigenvalue weighted by Gasteiger charge is -2.16. The Labute approximate surface area is 149 Å². The number of nitrogens with zero attached hydrogens (tertiary/aromatic N) is 4. The van der Waals surface area contributed by atoms with Crippen molar-refractivity contribution in [3.8, 4) is 0 Å². The molecule has 0 radical (unpaired) electrons. The summed E-state index contributed by atoms with van der Waals surface area (Å²) in [4.78, 5) is 12.9. The average Bonchev–Trinajstić information content (AvgIpc) is 2.99. The summed E-state index contributed by atoms with van der Waals surface area (Å²) in [5.41, 5.74) is 1.22. The van der Waals surface area contributed by atoms with E-state index in [1.807, 2.05) is 19.9 Å². The van der Waals surface area contributed by atoms with Crippen LogP contribution in [0.4, 0.5) is 26.5 Å². The van der Waals surface area contributed by atoms with Crippen LogP contribution in [-0.4, -0.2) is 25.1 Å². The Balaban J connectivity index is 1.83. The molecule has 9 heteroatoms. The monoisotopic (exact) mass is 359 g/mol. The molecule has 1 aromatic carbocycles. The van der Waals surface area contributed by atoms with Crippen LogP contribution in [0, 0.1) is 18.6 Å². The molecular weight excluding hydrogens is 340 g/mol. The van der Waals surface area contributed by atoms with Gasteiger partial charge in [-0.3, -0.25) is 5.10 Å². The van der Waals surface area contributed by atoms with E-state index in [-0.39, 0.29) is 0 Å². The quantitative estimate of drug-likeness (QED) is 0.622. The van der Waals surface area contributed by atoms with Gasteiger partial charge in [0.2, 0.25) is 11.9 Å². The smallest absolute Gasteiger partial charge is 0.233 e. The molecule has 3 N–H and O–H groups in total. The SMILES string of the molecule is CCc1nc(Nc2cc(C)[nH]n2)nc(NC(C)c2ccc(F)cc2F)n1. The van der Waals surface area contributed by atoms with E-state index in [1.165, 1.54) is 12.1 Å². The van der Waals surface area contributed by atoms with E-state index in [4.69, 9.17) is 0 Å². The molecule has 0 spiro atoms. The number of nitrogens with one attached hydrogen (secondary N) is 3. The van der Waals surface area contributed by atoms with Gasteiger partial charge in [0, 0.05) is 29.8 Å². The van der Waals surface area contributed by atoms with Gasteiger partial charge in [0.1, 0.15) is 17.5 Å². The molecule has 0 aliphatic heterocycles. The number of H-pyrrole nitrogens is 1. The number of aryl methyl sites for hydroxylation is 2. The molecule has 0 saturated heterocycles. The molecule has 2 aromatic heterocycles. The van der Waals surface area contributed by atoms with E-state index in [1.54, 1.807) is 6.92 Å². The van der Waals surface area contributed by atoms with Crippen LogP contribution in [0.3, 0.4) is 0 Å². The molecule has 3 aromatic rings. The third kappa shape index (κ3) is 4.11. The van der Waals surface area contributed by atoms with Gasteiger partial charge in [-0.1, -0.05) is 13.0 Å². The summed E-state index contributed by atoms with van der Waals surface area (Å²) in [5, 5.41) is 12.9. The lowest BCUT2D eigenvalue weighted by Crippen LogP contribution is -2.14. The molecule has 0 aliphatic carbocycles. The van der Waals surface area contributed by atoms with Crippen LogP contribution in [0.15, 0.2) is 24.3 Å². The Bertz CT molecular complexity index is 910. The van der Waals surface area contributed by atoms with Gasteiger partial charge in [0.15, 0.2) is 5.82 Å². The number of benzene rings is 1.